The van der Waals surface area contributed by atoms with Crippen molar-refractivity contribution in [2.45, 2.75) is 47.1 Å². The highest BCUT2D eigenvalue weighted by Gasteiger charge is 2.38. The maximum absolute atomic E-state index is 12.1. The Labute approximate surface area is 126 Å². The summed E-state index contributed by atoms with van der Waals surface area (Å²) in [6, 6.07) is 7.79. The van der Waals surface area contributed by atoms with Crippen molar-refractivity contribution >= 4 is 11.9 Å². The molecule has 4 nitrogen and oxygen atoms in total. The standard InChI is InChI=1S/C17H25NO3/c1-11(2)17(5,16(20)21)10-15(19)18-13(4)14-8-6-12(3)7-9-14/h6-9,11,13H,10H2,1-5H3,(H,18,19)(H,20,21)/t13-,17?/m0/s1. The highest BCUT2D eigenvalue weighted by atomic mass is 16.4. The Hall–Kier alpha value is -1.84. The Kier molecular flexibility index (Phi) is 5.53. The van der Waals surface area contributed by atoms with E-state index < -0.39 is 11.4 Å². The van der Waals surface area contributed by atoms with Crippen LogP contribution in [0.25, 0.3) is 0 Å². The van der Waals surface area contributed by atoms with E-state index in [2.05, 4.69) is 5.32 Å². The van der Waals surface area contributed by atoms with Crippen molar-refractivity contribution in [2.75, 3.05) is 0 Å². The van der Waals surface area contributed by atoms with Crippen LogP contribution in [0, 0.1) is 18.3 Å². The first-order chi connectivity index (χ1) is 9.66. The minimum atomic E-state index is -1.04. The second kappa shape index (κ2) is 6.74. The van der Waals surface area contributed by atoms with Crippen LogP contribution in [-0.4, -0.2) is 17.0 Å². The van der Waals surface area contributed by atoms with Gasteiger partial charge in [-0.05, 0) is 32.3 Å². The molecule has 0 spiro atoms. The summed E-state index contributed by atoms with van der Waals surface area (Å²) in [4.78, 5) is 23.6. The molecule has 21 heavy (non-hydrogen) atoms. The quantitative estimate of drug-likeness (QED) is 0.845. The van der Waals surface area contributed by atoms with E-state index in [4.69, 9.17) is 0 Å². The minimum absolute atomic E-state index is 0.0177. The van der Waals surface area contributed by atoms with Gasteiger partial charge in [-0.15, -0.1) is 0 Å². The molecule has 0 fully saturated rings. The molecule has 2 atom stereocenters. The average Bonchev–Trinajstić information content (AvgIpc) is 2.38. The number of rotatable bonds is 6. The zero-order chi connectivity index (χ0) is 16.2. The monoisotopic (exact) mass is 291 g/mol. The fraction of sp³-hybridized carbons (Fsp3) is 0.529. The van der Waals surface area contributed by atoms with Crippen LogP contribution in [0.5, 0.6) is 0 Å². The van der Waals surface area contributed by atoms with Crippen LogP contribution in [0.4, 0.5) is 0 Å². The predicted octanol–water partition coefficient (Wildman–Crippen LogP) is 3.31. The SMILES string of the molecule is Cc1ccc([C@H](C)NC(=O)CC(C)(C(=O)O)C(C)C)cc1. The van der Waals surface area contributed by atoms with Crippen LogP contribution >= 0.6 is 0 Å². The van der Waals surface area contributed by atoms with E-state index in [-0.39, 0.29) is 24.3 Å². The maximum atomic E-state index is 12.1. The van der Waals surface area contributed by atoms with Crippen molar-refractivity contribution in [1.29, 1.82) is 0 Å². The van der Waals surface area contributed by atoms with Crippen LogP contribution in [-0.2, 0) is 9.59 Å². The summed E-state index contributed by atoms with van der Waals surface area (Å²) in [6.07, 6.45) is -0.0177. The van der Waals surface area contributed by atoms with E-state index in [1.165, 1.54) is 0 Å². The van der Waals surface area contributed by atoms with Gasteiger partial charge in [0.15, 0.2) is 0 Å². The number of aryl methyl sites for hydroxylation is 1. The fourth-order valence-electron chi connectivity index (χ4n) is 2.09. The number of carboxylic acids is 1. The van der Waals surface area contributed by atoms with Crippen LogP contribution in [0.2, 0.25) is 0 Å². The van der Waals surface area contributed by atoms with E-state index in [1.54, 1.807) is 6.92 Å². The number of carbonyl (C=O) groups excluding carboxylic acids is 1. The molecule has 116 valence electrons. The van der Waals surface area contributed by atoms with Crippen molar-refractivity contribution < 1.29 is 14.7 Å². The molecule has 1 rings (SSSR count). The molecule has 1 amide bonds. The van der Waals surface area contributed by atoms with Crippen LogP contribution in [0.3, 0.4) is 0 Å². The van der Waals surface area contributed by atoms with Gasteiger partial charge >= 0.3 is 5.97 Å². The number of nitrogens with one attached hydrogen (secondary N) is 1. The lowest BCUT2D eigenvalue weighted by Crippen LogP contribution is -2.39. The minimum Gasteiger partial charge on any atom is -0.481 e. The largest absolute Gasteiger partial charge is 0.481 e. The van der Waals surface area contributed by atoms with Crippen LogP contribution < -0.4 is 5.32 Å². The molecule has 0 saturated carbocycles. The normalized spacial score (nSPS) is 15.3. The first kappa shape index (κ1) is 17.2. The van der Waals surface area contributed by atoms with Crippen molar-refractivity contribution in [3.05, 3.63) is 35.4 Å². The smallest absolute Gasteiger partial charge is 0.310 e. The van der Waals surface area contributed by atoms with Gasteiger partial charge in [0.2, 0.25) is 5.91 Å². The summed E-state index contributed by atoms with van der Waals surface area (Å²) < 4.78 is 0. The molecule has 0 bridgehead atoms. The molecule has 0 saturated heterocycles. The lowest BCUT2D eigenvalue weighted by molar-refractivity contribution is -0.153. The Morgan fingerprint density at radius 1 is 1.19 bits per heavy atom. The molecular formula is C17H25NO3. The molecule has 0 aliphatic heterocycles. The summed E-state index contributed by atoms with van der Waals surface area (Å²) in [5.41, 5.74) is 1.13. The summed E-state index contributed by atoms with van der Waals surface area (Å²) >= 11 is 0. The fourth-order valence-corrected chi connectivity index (χ4v) is 2.09. The van der Waals surface area contributed by atoms with Crippen LogP contribution in [0.1, 0.15) is 51.3 Å². The molecule has 0 heterocycles. The van der Waals surface area contributed by atoms with E-state index in [0.717, 1.165) is 11.1 Å². The Bertz CT molecular complexity index is 507. The highest BCUT2D eigenvalue weighted by Crippen LogP contribution is 2.31. The number of benzene rings is 1. The van der Waals surface area contributed by atoms with Gasteiger partial charge in [0, 0.05) is 6.42 Å². The summed E-state index contributed by atoms with van der Waals surface area (Å²) in [7, 11) is 0. The summed E-state index contributed by atoms with van der Waals surface area (Å²) in [5.74, 6) is -1.28. The molecule has 1 unspecified atom stereocenters. The van der Waals surface area contributed by atoms with Gasteiger partial charge < -0.3 is 10.4 Å². The predicted molar refractivity (Wildman–Crippen MR) is 82.9 cm³/mol. The Balaban J connectivity index is 2.72. The van der Waals surface area contributed by atoms with Gasteiger partial charge in [-0.2, -0.15) is 0 Å². The van der Waals surface area contributed by atoms with Gasteiger partial charge in [0.25, 0.3) is 0 Å². The second-order valence-corrected chi connectivity index (χ2v) is 6.25. The van der Waals surface area contributed by atoms with Gasteiger partial charge in [-0.3, -0.25) is 9.59 Å². The zero-order valence-corrected chi connectivity index (χ0v) is 13.4. The third kappa shape index (κ3) is 4.31. The molecule has 0 aliphatic carbocycles. The number of amides is 1. The third-order valence-electron chi connectivity index (χ3n) is 4.25. The molecule has 2 N–H and O–H groups in total. The first-order valence-corrected chi connectivity index (χ1v) is 7.26. The molecule has 0 aliphatic rings. The lowest BCUT2D eigenvalue weighted by atomic mass is 9.76. The van der Waals surface area contributed by atoms with E-state index in [9.17, 15) is 14.7 Å². The average molecular weight is 291 g/mol. The number of carboxylic acid groups (broad SMARTS) is 1. The van der Waals surface area contributed by atoms with Crippen molar-refractivity contribution in [1.82, 2.24) is 5.32 Å². The van der Waals surface area contributed by atoms with Crippen molar-refractivity contribution in [3.8, 4) is 0 Å². The van der Waals surface area contributed by atoms with Crippen LogP contribution in [0.15, 0.2) is 24.3 Å². The van der Waals surface area contributed by atoms with E-state index in [0.29, 0.717) is 0 Å². The van der Waals surface area contributed by atoms with E-state index >= 15 is 0 Å². The van der Waals surface area contributed by atoms with Gasteiger partial charge in [-0.1, -0.05) is 43.7 Å². The number of hydrogen-bond donors (Lipinski definition) is 2. The maximum Gasteiger partial charge on any atom is 0.310 e. The zero-order valence-electron chi connectivity index (χ0n) is 13.4. The van der Waals surface area contributed by atoms with Gasteiger partial charge in [-0.25, -0.2) is 0 Å². The molecule has 1 aromatic rings. The third-order valence-corrected chi connectivity index (χ3v) is 4.25. The van der Waals surface area contributed by atoms with Crippen molar-refractivity contribution in [2.24, 2.45) is 11.3 Å². The summed E-state index contributed by atoms with van der Waals surface area (Å²) in [5, 5.41) is 12.2. The topological polar surface area (TPSA) is 66.4 Å². The first-order valence-electron chi connectivity index (χ1n) is 7.26. The Morgan fingerprint density at radius 2 is 1.71 bits per heavy atom. The molecule has 4 heteroatoms. The highest BCUT2D eigenvalue weighted by molar-refractivity contribution is 5.85. The molecule has 1 aromatic carbocycles. The number of carbonyl (C=O) groups is 2. The van der Waals surface area contributed by atoms with Gasteiger partial charge in [0.1, 0.15) is 0 Å². The Morgan fingerprint density at radius 3 is 2.14 bits per heavy atom. The molecular weight excluding hydrogens is 266 g/mol. The molecule has 0 radical (unpaired) electrons. The van der Waals surface area contributed by atoms with Gasteiger partial charge in [0.05, 0.1) is 11.5 Å². The van der Waals surface area contributed by atoms with Crippen molar-refractivity contribution in [3.63, 3.8) is 0 Å². The number of aliphatic carboxylic acids is 1. The summed E-state index contributed by atoms with van der Waals surface area (Å²) in [6.45, 7) is 9.18. The number of hydrogen-bond acceptors (Lipinski definition) is 2. The second-order valence-electron chi connectivity index (χ2n) is 6.25. The molecule has 0 aromatic heterocycles. The lowest BCUT2D eigenvalue weighted by Gasteiger charge is -2.29. The van der Waals surface area contributed by atoms with E-state index in [1.807, 2.05) is 52.0 Å².